The van der Waals surface area contributed by atoms with Gasteiger partial charge in [-0.25, -0.2) is 9.98 Å². The van der Waals surface area contributed by atoms with E-state index in [1.165, 1.54) is 16.2 Å². The Kier molecular flexibility index (Phi) is 6.09. The molecule has 0 bridgehead atoms. The van der Waals surface area contributed by atoms with Crippen LogP contribution in [0.2, 0.25) is 0 Å². The molecule has 1 atom stereocenters. The second-order valence-electron chi connectivity index (χ2n) is 12.6. The van der Waals surface area contributed by atoms with Crippen LogP contribution in [-0.2, 0) is 0 Å². The van der Waals surface area contributed by atoms with Crippen LogP contribution in [0.3, 0.4) is 0 Å². The molecule has 0 fully saturated rings. The van der Waals surface area contributed by atoms with Gasteiger partial charge in [0.15, 0.2) is 11.4 Å². The first-order chi connectivity index (χ1) is 24.2. The minimum absolute atomic E-state index is 0.221. The third-order valence-electron chi connectivity index (χ3n) is 9.80. The minimum Gasteiger partial charge on any atom is -0.454 e. The number of furan rings is 1. The summed E-state index contributed by atoms with van der Waals surface area (Å²) in [7, 11) is 2.09. The Bertz CT molecular complexity index is 2780. The van der Waals surface area contributed by atoms with E-state index >= 15 is 0 Å². The number of benzene rings is 7. The average Bonchev–Trinajstić information content (AvgIpc) is 3.73. The van der Waals surface area contributed by atoms with Crippen molar-refractivity contribution in [2.45, 2.75) is 6.17 Å². The summed E-state index contributed by atoms with van der Waals surface area (Å²) in [5.41, 5.74) is 8.18. The van der Waals surface area contributed by atoms with Crippen LogP contribution < -0.4 is 0 Å². The number of rotatable bonds is 4. The van der Waals surface area contributed by atoms with Crippen LogP contribution >= 0.6 is 0 Å². The molecule has 0 aliphatic carbocycles. The molecule has 1 unspecified atom stereocenters. The van der Waals surface area contributed by atoms with Gasteiger partial charge in [0, 0.05) is 45.4 Å². The van der Waals surface area contributed by atoms with Crippen molar-refractivity contribution in [1.29, 1.82) is 0 Å². The molecule has 9 aromatic rings. The largest absolute Gasteiger partial charge is 0.454 e. The van der Waals surface area contributed by atoms with Crippen LogP contribution in [0.1, 0.15) is 22.9 Å². The normalized spacial score (nSPS) is 15.0. The molecule has 49 heavy (non-hydrogen) atoms. The number of amidine groups is 2. The van der Waals surface area contributed by atoms with Crippen molar-refractivity contribution in [3.63, 3.8) is 0 Å². The van der Waals surface area contributed by atoms with Gasteiger partial charge in [-0.15, -0.1) is 0 Å². The van der Waals surface area contributed by atoms with Crippen molar-refractivity contribution in [1.82, 2.24) is 9.47 Å². The molecular weight excluding hydrogens is 601 g/mol. The molecule has 232 valence electrons. The van der Waals surface area contributed by atoms with Crippen LogP contribution in [0.25, 0.3) is 60.2 Å². The zero-order valence-electron chi connectivity index (χ0n) is 26.8. The quantitative estimate of drug-likeness (QED) is 0.194. The highest BCUT2D eigenvalue weighted by Crippen LogP contribution is 2.46. The van der Waals surface area contributed by atoms with E-state index in [0.29, 0.717) is 0 Å². The number of para-hydroxylation sites is 2. The summed E-state index contributed by atoms with van der Waals surface area (Å²) in [5.74, 6) is 1.60. The second kappa shape index (κ2) is 10.8. The summed E-state index contributed by atoms with van der Waals surface area (Å²) in [6.07, 6.45) is -0.221. The predicted octanol–water partition coefficient (Wildman–Crippen LogP) is 10.7. The Morgan fingerprint density at radius 2 is 1.20 bits per heavy atom. The summed E-state index contributed by atoms with van der Waals surface area (Å²) in [4.78, 5) is 12.6. The fourth-order valence-corrected chi connectivity index (χ4v) is 7.61. The molecule has 5 nitrogen and oxygen atoms in total. The molecule has 1 aliphatic heterocycles. The smallest absolute Gasteiger partial charge is 0.160 e. The first kappa shape index (κ1) is 27.6. The van der Waals surface area contributed by atoms with Crippen LogP contribution in [0.15, 0.2) is 172 Å². The zero-order chi connectivity index (χ0) is 32.5. The first-order valence-electron chi connectivity index (χ1n) is 16.6. The first-order valence-corrected chi connectivity index (χ1v) is 16.6. The topological polar surface area (TPSA) is 46.0 Å². The fraction of sp³-hybridized carbons (Fsp3) is 0.0455. The van der Waals surface area contributed by atoms with E-state index in [2.05, 4.69) is 144 Å². The molecule has 10 rings (SSSR count). The van der Waals surface area contributed by atoms with Gasteiger partial charge in [-0.1, -0.05) is 121 Å². The van der Waals surface area contributed by atoms with E-state index in [-0.39, 0.29) is 6.17 Å². The minimum atomic E-state index is -0.221. The molecule has 7 aromatic carbocycles. The van der Waals surface area contributed by atoms with Gasteiger partial charge in [0.25, 0.3) is 0 Å². The highest BCUT2D eigenvalue weighted by Gasteiger charge is 2.28. The molecule has 1 aliphatic rings. The molecule has 2 aromatic heterocycles. The van der Waals surface area contributed by atoms with Gasteiger partial charge in [-0.3, -0.25) is 0 Å². The maximum atomic E-state index is 6.79. The van der Waals surface area contributed by atoms with Crippen LogP contribution in [-0.4, -0.2) is 28.2 Å². The molecule has 0 spiro atoms. The summed E-state index contributed by atoms with van der Waals surface area (Å²) in [6.45, 7) is 0. The maximum absolute atomic E-state index is 6.79. The summed E-state index contributed by atoms with van der Waals surface area (Å²) in [5, 5.41) is 6.96. The van der Waals surface area contributed by atoms with Crippen molar-refractivity contribution < 1.29 is 4.42 Å². The van der Waals surface area contributed by atoms with Gasteiger partial charge in [-0.05, 0) is 52.7 Å². The number of nitrogens with zero attached hydrogens (tertiary/aromatic N) is 4. The second-order valence-corrected chi connectivity index (χ2v) is 12.6. The van der Waals surface area contributed by atoms with Crippen LogP contribution in [0.5, 0.6) is 0 Å². The molecule has 5 heteroatoms. The SMILES string of the molecule is CN1C(c2ccc3c(c2)c2c4ccccc4c4c5ccccc5oc4c2n3-c2ccccc2)=NC(c2ccccc2)=NC1c1ccccc1. The van der Waals surface area contributed by atoms with E-state index in [1.54, 1.807) is 0 Å². The van der Waals surface area contributed by atoms with Crippen molar-refractivity contribution in [2.75, 3.05) is 7.05 Å². The molecule has 0 radical (unpaired) electrons. The van der Waals surface area contributed by atoms with Gasteiger partial charge in [0.1, 0.15) is 17.6 Å². The van der Waals surface area contributed by atoms with Gasteiger partial charge < -0.3 is 13.9 Å². The Balaban J connectivity index is 1.30. The van der Waals surface area contributed by atoms with Gasteiger partial charge >= 0.3 is 0 Å². The number of aliphatic imine (C=N–C) groups is 2. The van der Waals surface area contributed by atoms with Gasteiger partial charge in [0.2, 0.25) is 0 Å². The monoisotopic (exact) mass is 630 g/mol. The number of hydrogen-bond acceptors (Lipinski definition) is 4. The maximum Gasteiger partial charge on any atom is 0.160 e. The molecule has 0 N–H and O–H groups in total. The standard InChI is InChI=1S/C44H30N4O/c1-47-43(29-17-7-3-8-18-29)45-42(28-15-5-2-6-16-28)46-44(47)30-25-26-36-35(27-30)38-32-21-11-12-22-33(32)39-34-23-13-14-24-37(34)49-41(39)40(38)48(36)31-19-9-4-10-20-31/h2-27,43H,1H3. The molecule has 0 saturated carbocycles. The summed E-state index contributed by atoms with van der Waals surface area (Å²) >= 11 is 0. The van der Waals surface area contributed by atoms with E-state index in [4.69, 9.17) is 14.4 Å². The molecule has 0 saturated heterocycles. The van der Waals surface area contributed by atoms with Gasteiger partial charge in [0.05, 0.1) is 11.0 Å². The van der Waals surface area contributed by atoms with Crippen molar-refractivity contribution in [3.8, 4) is 5.69 Å². The lowest BCUT2D eigenvalue weighted by Crippen LogP contribution is -2.35. The van der Waals surface area contributed by atoms with E-state index < -0.39 is 0 Å². The predicted molar refractivity (Wildman–Crippen MR) is 202 cm³/mol. The average molecular weight is 631 g/mol. The van der Waals surface area contributed by atoms with E-state index in [9.17, 15) is 0 Å². The lowest BCUT2D eigenvalue weighted by atomic mass is 9.98. The Hall–Kier alpha value is -6.46. The fourth-order valence-electron chi connectivity index (χ4n) is 7.61. The van der Waals surface area contributed by atoms with E-state index in [0.717, 1.165) is 72.4 Å². The van der Waals surface area contributed by atoms with E-state index in [1.807, 2.05) is 30.3 Å². The Morgan fingerprint density at radius 1 is 0.571 bits per heavy atom. The number of aromatic nitrogens is 1. The molecule has 3 heterocycles. The Morgan fingerprint density at radius 3 is 1.96 bits per heavy atom. The van der Waals surface area contributed by atoms with Crippen molar-refractivity contribution in [2.24, 2.45) is 9.98 Å². The summed E-state index contributed by atoms with van der Waals surface area (Å²) in [6, 6.07) is 55.1. The lowest BCUT2D eigenvalue weighted by Gasteiger charge is -2.32. The third-order valence-corrected chi connectivity index (χ3v) is 9.80. The third kappa shape index (κ3) is 4.19. The molecular formula is C44H30N4O. The molecule has 0 amide bonds. The number of hydrogen-bond donors (Lipinski definition) is 0. The highest BCUT2D eigenvalue weighted by molar-refractivity contribution is 6.35. The Labute approximate surface area is 282 Å². The zero-order valence-corrected chi connectivity index (χ0v) is 26.8. The number of fused-ring (bicyclic) bond motifs is 10. The van der Waals surface area contributed by atoms with Crippen LogP contribution in [0.4, 0.5) is 0 Å². The van der Waals surface area contributed by atoms with Gasteiger partial charge in [-0.2, -0.15) is 0 Å². The van der Waals surface area contributed by atoms with Crippen molar-refractivity contribution >= 4 is 66.2 Å². The highest BCUT2D eigenvalue weighted by atomic mass is 16.3. The van der Waals surface area contributed by atoms with Crippen LogP contribution in [0, 0.1) is 0 Å². The van der Waals surface area contributed by atoms with Crippen molar-refractivity contribution in [3.05, 3.63) is 174 Å². The summed E-state index contributed by atoms with van der Waals surface area (Å²) < 4.78 is 9.15. The lowest BCUT2D eigenvalue weighted by molar-refractivity contribution is 0.383.